The number of nitrogens with zero attached hydrogens (tertiary/aromatic N) is 1. The van der Waals surface area contributed by atoms with Crippen LogP contribution in [0.25, 0.3) is 0 Å². The Bertz CT molecular complexity index is 863. The van der Waals surface area contributed by atoms with Crippen molar-refractivity contribution in [2.24, 2.45) is 0 Å². The molecule has 0 saturated carbocycles. The maximum Gasteiger partial charge on any atom is 0.271 e. The van der Waals surface area contributed by atoms with Crippen LogP contribution in [0.3, 0.4) is 0 Å². The lowest BCUT2D eigenvalue weighted by Gasteiger charge is -2.14. The standard InChI is InChI=1S/C20H18N2O2S2/c1-24-16-9-7-15(8-10-16)14-21-20(25)18(22-11-3-2-4-12-22)19(23)17-6-5-13-26-17/h2-13,18H,14H2,1H3/p+1. The largest absolute Gasteiger partial charge is 0.497 e. The van der Waals surface area contributed by atoms with Crippen molar-refractivity contribution in [1.82, 2.24) is 5.32 Å². The lowest BCUT2D eigenvalue weighted by atomic mass is 10.1. The second-order valence-electron chi connectivity index (χ2n) is 5.63. The number of rotatable bonds is 7. The summed E-state index contributed by atoms with van der Waals surface area (Å²) in [6.07, 6.45) is 3.72. The smallest absolute Gasteiger partial charge is 0.271 e. The quantitative estimate of drug-likeness (QED) is 0.385. The summed E-state index contributed by atoms with van der Waals surface area (Å²) in [5.41, 5.74) is 1.06. The number of ketones is 1. The molecule has 0 aliphatic heterocycles. The maximum atomic E-state index is 13.0. The van der Waals surface area contributed by atoms with Crippen molar-refractivity contribution in [3.05, 3.63) is 82.8 Å². The van der Waals surface area contributed by atoms with Gasteiger partial charge < -0.3 is 10.1 Å². The van der Waals surface area contributed by atoms with Crippen molar-refractivity contribution in [3.63, 3.8) is 0 Å². The molecule has 3 rings (SSSR count). The van der Waals surface area contributed by atoms with E-state index >= 15 is 0 Å². The summed E-state index contributed by atoms with van der Waals surface area (Å²) in [4.78, 5) is 14.2. The van der Waals surface area contributed by atoms with Crippen LogP contribution >= 0.6 is 23.6 Å². The average Bonchev–Trinajstić information content (AvgIpc) is 3.22. The highest BCUT2D eigenvalue weighted by Crippen LogP contribution is 2.17. The molecule has 4 nitrogen and oxygen atoms in total. The van der Waals surface area contributed by atoms with Crippen LogP contribution in [0, 0.1) is 0 Å². The van der Waals surface area contributed by atoms with Crippen LogP contribution in [0.2, 0.25) is 0 Å². The van der Waals surface area contributed by atoms with Crippen molar-refractivity contribution in [2.75, 3.05) is 7.11 Å². The third kappa shape index (κ3) is 4.33. The number of methoxy groups -OCH3 is 1. The number of nitrogens with one attached hydrogen (secondary N) is 1. The minimum absolute atomic E-state index is 0.0107. The van der Waals surface area contributed by atoms with Gasteiger partial charge in [-0.2, -0.15) is 4.57 Å². The van der Waals surface area contributed by atoms with E-state index in [-0.39, 0.29) is 5.78 Å². The summed E-state index contributed by atoms with van der Waals surface area (Å²) in [5.74, 6) is 0.797. The fraction of sp³-hybridized carbons (Fsp3) is 0.150. The Morgan fingerprint density at radius 1 is 1.15 bits per heavy atom. The number of Topliss-reactive ketones (excluding diaryl/α,β-unsaturated/α-hetero) is 1. The van der Waals surface area contributed by atoms with E-state index in [0.29, 0.717) is 16.4 Å². The molecule has 0 spiro atoms. The van der Waals surface area contributed by atoms with Gasteiger partial charge in [-0.25, -0.2) is 0 Å². The summed E-state index contributed by atoms with van der Waals surface area (Å²) in [5, 5.41) is 5.13. The van der Waals surface area contributed by atoms with E-state index in [1.807, 2.05) is 76.9 Å². The van der Waals surface area contributed by atoms with Crippen molar-refractivity contribution in [2.45, 2.75) is 12.6 Å². The first-order valence-electron chi connectivity index (χ1n) is 8.13. The average molecular weight is 384 g/mol. The van der Waals surface area contributed by atoms with Crippen molar-refractivity contribution < 1.29 is 14.1 Å². The van der Waals surface area contributed by atoms with Crippen LogP contribution in [0.1, 0.15) is 21.3 Å². The molecule has 3 aromatic rings. The Morgan fingerprint density at radius 2 is 1.88 bits per heavy atom. The van der Waals surface area contributed by atoms with Crippen molar-refractivity contribution in [1.29, 1.82) is 0 Å². The summed E-state index contributed by atoms with van der Waals surface area (Å²) in [6, 6.07) is 16.6. The highest BCUT2D eigenvalue weighted by molar-refractivity contribution is 7.80. The van der Waals surface area contributed by atoms with Gasteiger partial charge in [-0.1, -0.05) is 36.5 Å². The third-order valence-electron chi connectivity index (χ3n) is 3.92. The second-order valence-corrected chi connectivity index (χ2v) is 7.02. The first-order chi connectivity index (χ1) is 12.7. The Kier molecular flexibility index (Phi) is 6.09. The zero-order valence-electron chi connectivity index (χ0n) is 14.3. The molecule has 0 saturated heterocycles. The van der Waals surface area contributed by atoms with Gasteiger partial charge in [-0.15, -0.1) is 11.3 Å². The molecule has 26 heavy (non-hydrogen) atoms. The Hall–Kier alpha value is -2.57. The fourth-order valence-corrected chi connectivity index (χ4v) is 3.55. The van der Waals surface area contributed by atoms with Crippen LogP contribution < -0.4 is 14.6 Å². The number of carbonyl (C=O) groups excluding carboxylic acids is 1. The minimum Gasteiger partial charge on any atom is -0.497 e. The van der Waals surface area contributed by atoms with Gasteiger partial charge in [0, 0.05) is 18.7 Å². The fourth-order valence-electron chi connectivity index (χ4n) is 2.56. The van der Waals surface area contributed by atoms with Crippen LogP contribution in [0.15, 0.2) is 72.4 Å². The molecule has 0 radical (unpaired) electrons. The highest BCUT2D eigenvalue weighted by Gasteiger charge is 2.33. The number of pyridine rings is 1. The van der Waals surface area contributed by atoms with Crippen LogP contribution in [0.5, 0.6) is 5.75 Å². The predicted octanol–water partition coefficient (Wildman–Crippen LogP) is 3.59. The van der Waals surface area contributed by atoms with Gasteiger partial charge in [0.15, 0.2) is 17.4 Å². The number of ether oxygens (including phenoxy) is 1. The van der Waals surface area contributed by atoms with Crippen molar-refractivity contribution in [3.8, 4) is 5.75 Å². The molecule has 0 bridgehead atoms. The Labute approximate surface area is 162 Å². The van der Waals surface area contributed by atoms with Gasteiger partial charge >= 0.3 is 0 Å². The molecule has 2 aromatic heterocycles. The monoisotopic (exact) mass is 383 g/mol. The number of thiocarbonyl (C=S) groups is 1. The van der Waals surface area contributed by atoms with Crippen LogP contribution in [-0.4, -0.2) is 17.9 Å². The molecule has 0 aliphatic carbocycles. The van der Waals surface area contributed by atoms with Gasteiger partial charge in [-0.05, 0) is 29.1 Å². The normalized spacial score (nSPS) is 11.6. The lowest BCUT2D eigenvalue weighted by Crippen LogP contribution is -2.51. The number of aromatic nitrogens is 1. The molecule has 132 valence electrons. The zero-order valence-corrected chi connectivity index (χ0v) is 15.9. The maximum absolute atomic E-state index is 13.0. The van der Waals surface area contributed by atoms with Crippen molar-refractivity contribution >= 4 is 34.3 Å². The number of benzene rings is 1. The Morgan fingerprint density at radius 3 is 2.50 bits per heavy atom. The van der Waals surface area contributed by atoms with Gasteiger partial charge in [0.2, 0.25) is 5.78 Å². The number of hydrogen-bond acceptors (Lipinski definition) is 4. The number of thiophene rings is 1. The van der Waals surface area contributed by atoms with E-state index in [2.05, 4.69) is 5.32 Å². The molecule has 1 atom stereocenters. The first-order valence-corrected chi connectivity index (χ1v) is 9.42. The SMILES string of the molecule is COc1ccc(CNC(=S)C(C(=O)c2cccs2)[n+]2ccccc2)cc1. The first kappa shape index (κ1) is 18.2. The van der Waals surface area contributed by atoms with E-state index in [0.717, 1.165) is 11.3 Å². The van der Waals surface area contributed by atoms with E-state index in [1.165, 1.54) is 11.3 Å². The van der Waals surface area contributed by atoms with E-state index < -0.39 is 6.04 Å². The van der Waals surface area contributed by atoms with Gasteiger partial charge in [-0.3, -0.25) is 4.79 Å². The van der Waals surface area contributed by atoms with Gasteiger partial charge in [0.25, 0.3) is 6.04 Å². The molecule has 2 heterocycles. The summed E-state index contributed by atoms with van der Waals surface area (Å²) in [7, 11) is 1.64. The molecule has 1 unspecified atom stereocenters. The van der Waals surface area contributed by atoms with E-state index in [9.17, 15) is 4.79 Å². The second kappa shape index (κ2) is 8.69. The number of carbonyl (C=O) groups is 1. The number of hydrogen-bond donors (Lipinski definition) is 1. The molecular weight excluding hydrogens is 364 g/mol. The zero-order chi connectivity index (χ0) is 18.4. The summed E-state index contributed by atoms with van der Waals surface area (Å²) >= 11 is 7.01. The Balaban J connectivity index is 1.77. The molecule has 0 aliphatic rings. The predicted molar refractivity (Wildman–Crippen MR) is 107 cm³/mol. The molecular formula is C20H19N2O2S2+. The van der Waals surface area contributed by atoms with E-state index in [4.69, 9.17) is 17.0 Å². The molecule has 1 N–H and O–H groups in total. The lowest BCUT2D eigenvalue weighted by molar-refractivity contribution is -0.692. The third-order valence-corrected chi connectivity index (χ3v) is 5.18. The molecule has 0 fully saturated rings. The molecule has 6 heteroatoms. The van der Waals surface area contributed by atoms with Gasteiger partial charge in [0.05, 0.1) is 12.0 Å². The minimum atomic E-state index is -0.567. The topological polar surface area (TPSA) is 42.2 Å². The molecule has 0 amide bonds. The molecule has 1 aromatic carbocycles. The van der Waals surface area contributed by atoms with Crippen LogP contribution in [0.4, 0.5) is 0 Å². The summed E-state index contributed by atoms with van der Waals surface area (Å²) < 4.78 is 7.01. The van der Waals surface area contributed by atoms with Crippen LogP contribution in [-0.2, 0) is 6.54 Å². The highest BCUT2D eigenvalue weighted by atomic mass is 32.1. The van der Waals surface area contributed by atoms with Gasteiger partial charge in [0.1, 0.15) is 5.75 Å². The summed E-state index contributed by atoms with van der Waals surface area (Å²) in [6.45, 7) is 0.546. The van der Waals surface area contributed by atoms with E-state index in [1.54, 1.807) is 7.11 Å².